The van der Waals surface area contributed by atoms with E-state index in [2.05, 4.69) is 10.3 Å². The van der Waals surface area contributed by atoms with Crippen molar-refractivity contribution in [3.05, 3.63) is 45.3 Å². The molecule has 152 valence electrons. The lowest BCUT2D eigenvalue weighted by Gasteiger charge is -2.13. The topological polar surface area (TPSA) is 82.5 Å². The highest BCUT2D eigenvalue weighted by Gasteiger charge is 2.21. The Labute approximate surface area is 172 Å². The fourth-order valence-electron chi connectivity index (χ4n) is 3.62. The second kappa shape index (κ2) is 8.24. The normalized spacial score (nSPS) is 12.8. The fraction of sp³-hybridized carbons (Fsp3) is 0.381. The number of nitrogens with one attached hydrogen (secondary N) is 1. The lowest BCUT2D eigenvalue weighted by molar-refractivity contribution is -0.116. The minimum Gasteiger partial charge on any atom is -0.490 e. The van der Waals surface area contributed by atoms with Gasteiger partial charge in [-0.15, -0.1) is 11.3 Å². The molecule has 7 nitrogen and oxygen atoms in total. The third-order valence-corrected chi connectivity index (χ3v) is 6.03. The summed E-state index contributed by atoms with van der Waals surface area (Å²) in [7, 11) is 0. The molecular formula is C21H23N3O4S. The Bertz CT molecular complexity index is 1120. The van der Waals surface area contributed by atoms with Gasteiger partial charge in [0.05, 0.1) is 24.9 Å². The van der Waals surface area contributed by atoms with Crippen molar-refractivity contribution in [3.8, 4) is 11.5 Å². The molecule has 0 bridgehead atoms. The minimum absolute atomic E-state index is 0.0937. The van der Waals surface area contributed by atoms with Crippen molar-refractivity contribution in [2.24, 2.45) is 0 Å². The van der Waals surface area contributed by atoms with Gasteiger partial charge < -0.3 is 14.8 Å². The van der Waals surface area contributed by atoms with Crippen LogP contribution in [0, 0.1) is 0 Å². The highest BCUT2D eigenvalue weighted by Crippen LogP contribution is 2.34. The van der Waals surface area contributed by atoms with Gasteiger partial charge in [-0.2, -0.15) is 0 Å². The molecule has 0 unspecified atom stereocenters. The molecular weight excluding hydrogens is 390 g/mol. The number of carbonyl (C=O) groups is 1. The number of carbonyl (C=O) groups excluding carboxylic acids is 1. The van der Waals surface area contributed by atoms with E-state index < -0.39 is 0 Å². The summed E-state index contributed by atoms with van der Waals surface area (Å²) in [5.41, 5.74) is 1.55. The first-order valence-electron chi connectivity index (χ1n) is 9.79. The van der Waals surface area contributed by atoms with Crippen LogP contribution in [0.4, 0.5) is 5.69 Å². The molecule has 0 saturated carbocycles. The summed E-state index contributed by atoms with van der Waals surface area (Å²) >= 11 is 1.59. The molecule has 0 aliphatic heterocycles. The van der Waals surface area contributed by atoms with E-state index in [4.69, 9.17) is 9.47 Å². The Morgan fingerprint density at radius 3 is 2.79 bits per heavy atom. The van der Waals surface area contributed by atoms with Crippen molar-refractivity contribution in [1.29, 1.82) is 0 Å². The number of anilines is 1. The molecule has 2 aromatic heterocycles. The molecule has 0 fully saturated rings. The Kier molecular flexibility index (Phi) is 5.53. The number of aryl methyl sites for hydroxylation is 2. The summed E-state index contributed by atoms with van der Waals surface area (Å²) in [5, 5.41) is 3.50. The van der Waals surface area contributed by atoms with Crippen molar-refractivity contribution >= 4 is 33.1 Å². The van der Waals surface area contributed by atoms with Crippen LogP contribution in [-0.4, -0.2) is 28.7 Å². The molecule has 29 heavy (non-hydrogen) atoms. The summed E-state index contributed by atoms with van der Waals surface area (Å²) in [6.07, 6.45) is 4.45. The number of thiophene rings is 1. The zero-order valence-corrected chi connectivity index (χ0v) is 17.3. The van der Waals surface area contributed by atoms with Crippen molar-refractivity contribution in [3.63, 3.8) is 0 Å². The molecule has 0 spiro atoms. The predicted octanol–water partition coefficient (Wildman–Crippen LogP) is 3.38. The summed E-state index contributed by atoms with van der Waals surface area (Å²) in [4.78, 5) is 31.9. The van der Waals surface area contributed by atoms with Crippen LogP contribution in [0.3, 0.4) is 0 Å². The van der Waals surface area contributed by atoms with E-state index in [0.717, 1.165) is 29.7 Å². The van der Waals surface area contributed by atoms with E-state index in [1.54, 1.807) is 29.5 Å². The van der Waals surface area contributed by atoms with Crippen LogP contribution in [0.5, 0.6) is 11.5 Å². The maximum atomic E-state index is 12.9. The quantitative estimate of drug-likeness (QED) is 0.642. The molecule has 4 rings (SSSR count). The first kappa shape index (κ1) is 19.4. The molecule has 1 amide bonds. The monoisotopic (exact) mass is 413 g/mol. The van der Waals surface area contributed by atoms with Crippen LogP contribution in [0.2, 0.25) is 0 Å². The minimum atomic E-state index is -0.299. The molecule has 2 heterocycles. The molecule has 1 aliphatic rings. The number of fused-ring (bicyclic) bond motifs is 3. The van der Waals surface area contributed by atoms with Gasteiger partial charge in [0.2, 0.25) is 5.91 Å². The van der Waals surface area contributed by atoms with Crippen LogP contribution in [0.1, 0.15) is 30.7 Å². The number of ether oxygens (including phenoxy) is 2. The second-order valence-corrected chi connectivity index (χ2v) is 7.87. The van der Waals surface area contributed by atoms with E-state index in [-0.39, 0.29) is 18.0 Å². The van der Waals surface area contributed by atoms with E-state index in [9.17, 15) is 9.59 Å². The standard InChI is InChI=1S/C21H23N3O4S/c1-3-27-15-9-8-13(10-16(15)28-4-2)23-18(25)11-24-12-22-20-19(21(24)26)14-6-5-7-17(14)29-20/h8-10,12H,3-7,11H2,1-2H3,(H,23,25). The van der Waals surface area contributed by atoms with Gasteiger partial charge in [-0.3, -0.25) is 14.2 Å². The fourth-order valence-corrected chi connectivity index (χ4v) is 4.84. The van der Waals surface area contributed by atoms with E-state index in [1.165, 1.54) is 15.8 Å². The number of hydrogen-bond donors (Lipinski definition) is 1. The summed E-state index contributed by atoms with van der Waals surface area (Å²) < 4.78 is 12.5. The highest BCUT2D eigenvalue weighted by molar-refractivity contribution is 7.18. The average molecular weight is 413 g/mol. The highest BCUT2D eigenvalue weighted by atomic mass is 32.1. The number of rotatable bonds is 7. The molecule has 1 aliphatic carbocycles. The zero-order valence-electron chi connectivity index (χ0n) is 16.5. The maximum Gasteiger partial charge on any atom is 0.262 e. The van der Waals surface area contributed by atoms with Crippen LogP contribution in [0.15, 0.2) is 29.3 Å². The van der Waals surface area contributed by atoms with Crippen LogP contribution < -0.4 is 20.3 Å². The Morgan fingerprint density at radius 2 is 2.00 bits per heavy atom. The molecule has 0 saturated heterocycles. The third kappa shape index (κ3) is 3.85. The predicted molar refractivity (Wildman–Crippen MR) is 113 cm³/mol. The third-order valence-electron chi connectivity index (χ3n) is 4.83. The van der Waals surface area contributed by atoms with Crippen molar-refractivity contribution < 1.29 is 14.3 Å². The van der Waals surface area contributed by atoms with E-state index in [1.807, 2.05) is 13.8 Å². The van der Waals surface area contributed by atoms with Gasteiger partial charge in [0.15, 0.2) is 11.5 Å². The Balaban J connectivity index is 1.54. The van der Waals surface area contributed by atoms with Gasteiger partial charge in [0, 0.05) is 16.6 Å². The van der Waals surface area contributed by atoms with Crippen LogP contribution >= 0.6 is 11.3 Å². The number of aromatic nitrogens is 2. The van der Waals surface area contributed by atoms with Gasteiger partial charge in [0.1, 0.15) is 11.4 Å². The Hall–Kier alpha value is -2.87. The summed E-state index contributed by atoms with van der Waals surface area (Å²) in [6.45, 7) is 4.71. The number of amides is 1. The molecule has 1 N–H and O–H groups in total. The summed E-state index contributed by atoms with van der Waals surface area (Å²) in [6, 6.07) is 5.24. The van der Waals surface area contributed by atoms with Gasteiger partial charge in [0.25, 0.3) is 5.56 Å². The lowest BCUT2D eigenvalue weighted by Crippen LogP contribution is -2.28. The second-order valence-electron chi connectivity index (χ2n) is 6.79. The van der Waals surface area contributed by atoms with Gasteiger partial charge in [-0.1, -0.05) is 0 Å². The average Bonchev–Trinajstić information content (AvgIpc) is 3.27. The number of hydrogen-bond acceptors (Lipinski definition) is 6. The van der Waals surface area contributed by atoms with Gasteiger partial charge in [-0.05, 0) is 50.8 Å². The smallest absolute Gasteiger partial charge is 0.262 e. The molecule has 1 aromatic carbocycles. The van der Waals surface area contributed by atoms with E-state index >= 15 is 0 Å². The van der Waals surface area contributed by atoms with E-state index in [0.29, 0.717) is 35.8 Å². The lowest BCUT2D eigenvalue weighted by atomic mass is 10.2. The van der Waals surface area contributed by atoms with Gasteiger partial charge >= 0.3 is 0 Å². The first-order chi connectivity index (χ1) is 14.1. The Morgan fingerprint density at radius 1 is 1.21 bits per heavy atom. The molecule has 8 heteroatoms. The van der Waals surface area contributed by atoms with Crippen LogP contribution in [0.25, 0.3) is 10.2 Å². The van der Waals surface area contributed by atoms with Gasteiger partial charge in [-0.25, -0.2) is 4.98 Å². The zero-order chi connectivity index (χ0) is 20.4. The maximum absolute atomic E-state index is 12.9. The number of nitrogens with zero attached hydrogens (tertiary/aromatic N) is 2. The first-order valence-corrected chi connectivity index (χ1v) is 10.6. The largest absolute Gasteiger partial charge is 0.490 e. The summed E-state index contributed by atoms with van der Waals surface area (Å²) in [5.74, 6) is 0.900. The molecule has 0 radical (unpaired) electrons. The van der Waals surface area contributed by atoms with Crippen molar-refractivity contribution in [2.75, 3.05) is 18.5 Å². The molecule has 0 atom stereocenters. The SMILES string of the molecule is CCOc1ccc(NC(=O)Cn2cnc3sc4c(c3c2=O)CCC4)cc1OCC. The van der Waals surface area contributed by atoms with Crippen molar-refractivity contribution in [2.45, 2.75) is 39.7 Å². The van der Waals surface area contributed by atoms with Crippen molar-refractivity contribution in [1.82, 2.24) is 9.55 Å². The molecule has 3 aromatic rings. The number of benzene rings is 1. The van der Waals surface area contributed by atoms with Crippen LogP contribution in [-0.2, 0) is 24.2 Å².